The molecule has 7 nitrogen and oxygen atoms in total. The number of aliphatic carboxylic acids is 1. The molecular weight excluding hydrogens is 233 g/mol. The molecule has 1 heterocycles. The number of amides is 1. The molecule has 0 fully saturated rings. The Morgan fingerprint density at radius 1 is 1.50 bits per heavy atom. The summed E-state index contributed by atoms with van der Waals surface area (Å²) >= 11 is 0. The number of nitrogens with one attached hydrogen (secondary N) is 1. The van der Waals surface area contributed by atoms with Gasteiger partial charge in [-0.3, -0.25) is 14.9 Å². The van der Waals surface area contributed by atoms with Crippen molar-refractivity contribution in [2.24, 2.45) is 0 Å². The van der Waals surface area contributed by atoms with E-state index in [0.29, 0.717) is 0 Å². The summed E-state index contributed by atoms with van der Waals surface area (Å²) < 4.78 is 36.1. The molecule has 0 atom stereocenters. The number of halogens is 3. The van der Waals surface area contributed by atoms with E-state index in [1.54, 1.807) is 0 Å². The summed E-state index contributed by atoms with van der Waals surface area (Å²) in [6.45, 7) is -0.561. The van der Waals surface area contributed by atoms with Crippen molar-refractivity contribution >= 4 is 17.7 Å². The molecule has 1 amide bonds. The Morgan fingerprint density at radius 2 is 2.12 bits per heavy atom. The van der Waals surface area contributed by atoms with Crippen molar-refractivity contribution in [1.29, 1.82) is 0 Å². The number of aromatic nitrogens is 3. The molecule has 1 aromatic rings. The number of alkyl halides is 3. The van der Waals surface area contributed by atoms with Crippen LogP contribution in [0.3, 0.4) is 0 Å². The SMILES string of the molecule is O=C(O)Cn1cc(NC(=O)C(F)(F)F)nn1. The van der Waals surface area contributed by atoms with E-state index in [2.05, 4.69) is 10.3 Å². The largest absolute Gasteiger partial charge is 0.480 e. The van der Waals surface area contributed by atoms with E-state index >= 15 is 0 Å². The quantitative estimate of drug-likeness (QED) is 0.764. The third kappa shape index (κ3) is 3.22. The molecule has 0 aliphatic carbocycles. The highest BCUT2D eigenvalue weighted by Crippen LogP contribution is 2.16. The second kappa shape index (κ2) is 4.16. The summed E-state index contributed by atoms with van der Waals surface area (Å²) in [5.74, 6) is -3.91. The molecule has 2 N–H and O–H groups in total. The van der Waals surface area contributed by atoms with E-state index in [1.165, 1.54) is 5.32 Å². The van der Waals surface area contributed by atoms with Crippen molar-refractivity contribution in [2.45, 2.75) is 12.7 Å². The zero-order valence-electron chi connectivity index (χ0n) is 7.52. The second-order valence-corrected chi connectivity index (χ2v) is 2.65. The van der Waals surface area contributed by atoms with Crippen LogP contribution in [-0.2, 0) is 16.1 Å². The van der Waals surface area contributed by atoms with Crippen molar-refractivity contribution in [3.05, 3.63) is 6.20 Å². The molecule has 0 spiro atoms. The summed E-state index contributed by atoms with van der Waals surface area (Å²) in [5, 5.41) is 16.1. The fourth-order valence-corrected chi connectivity index (χ4v) is 0.759. The number of carboxylic acid groups (broad SMARTS) is 1. The van der Waals surface area contributed by atoms with E-state index in [0.717, 1.165) is 10.9 Å². The lowest BCUT2D eigenvalue weighted by Gasteiger charge is -2.03. The molecule has 1 aromatic heterocycles. The minimum absolute atomic E-state index is 0.469. The number of hydrogen-bond acceptors (Lipinski definition) is 4. The number of carbonyl (C=O) groups excluding carboxylic acids is 1. The Balaban J connectivity index is 2.66. The first kappa shape index (κ1) is 11.9. The van der Waals surface area contributed by atoms with Crippen LogP contribution in [0.5, 0.6) is 0 Å². The Kier molecular flexibility index (Phi) is 3.11. The summed E-state index contributed by atoms with van der Waals surface area (Å²) in [6.07, 6.45) is -4.16. The van der Waals surface area contributed by atoms with Gasteiger partial charge >= 0.3 is 18.1 Å². The molecule has 0 aromatic carbocycles. The predicted octanol–water partition coefficient (Wildman–Crippen LogP) is -0.137. The van der Waals surface area contributed by atoms with Crippen LogP contribution in [0, 0.1) is 0 Å². The first-order valence-corrected chi connectivity index (χ1v) is 3.79. The fourth-order valence-electron chi connectivity index (χ4n) is 0.759. The maximum absolute atomic E-state index is 11.8. The Hall–Kier alpha value is -2.13. The van der Waals surface area contributed by atoms with Crippen molar-refractivity contribution in [2.75, 3.05) is 5.32 Å². The minimum atomic E-state index is -5.03. The molecule has 16 heavy (non-hydrogen) atoms. The fraction of sp³-hybridized carbons (Fsp3) is 0.333. The lowest BCUT2D eigenvalue weighted by atomic mass is 10.5. The van der Waals surface area contributed by atoms with E-state index in [4.69, 9.17) is 5.11 Å². The lowest BCUT2D eigenvalue weighted by molar-refractivity contribution is -0.167. The van der Waals surface area contributed by atoms with E-state index < -0.39 is 30.4 Å². The van der Waals surface area contributed by atoms with Crippen molar-refractivity contribution in [1.82, 2.24) is 15.0 Å². The van der Waals surface area contributed by atoms with Crippen LogP contribution >= 0.6 is 0 Å². The average molecular weight is 238 g/mol. The van der Waals surface area contributed by atoms with Gasteiger partial charge < -0.3 is 5.11 Å². The molecule has 88 valence electrons. The van der Waals surface area contributed by atoms with Gasteiger partial charge in [0.15, 0.2) is 5.82 Å². The summed E-state index contributed by atoms with van der Waals surface area (Å²) in [7, 11) is 0. The third-order valence-electron chi connectivity index (χ3n) is 1.33. The normalized spacial score (nSPS) is 11.2. The molecule has 10 heteroatoms. The molecule has 0 aliphatic heterocycles. The molecule has 1 rings (SSSR count). The van der Waals surface area contributed by atoms with Gasteiger partial charge in [-0.2, -0.15) is 13.2 Å². The van der Waals surface area contributed by atoms with Gasteiger partial charge in [-0.05, 0) is 0 Å². The zero-order chi connectivity index (χ0) is 12.3. The summed E-state index contributed by atoms with van der Waals surface area (Å²) in [5.41, 5.74) is 0. The highest BCUT2D eigenvalue weighted by Gasteiger charge is 2.39. The number of anilines is 1. The number of carboxylic acids is 1. The molecule has 0 bridgehead atoms. The topological polar surface area (TPSA) is 97.1 Å². The molecule has 0 radical (unpaired) electrons. The van der Waals surface area contributed by atoms with Gasteiger partial charge in [-0.15, -0.1) is 5.10 Å². The first-order valence-electron chi connectivity index (χ1n) is 3.79. The van der Waals surface area contributed by atoms with Gasteiger partial charge in [-0.25, -0.2) is 4.68 Å². The van der Waals surface area contributed by atoms with Gasteiger partial charge in [-0.1, -0.05) is 5.21 Å². The number of carbonyl (C=O) groups is 2. The molecule has 0 unspecified atom stereocenters. The summed E-state index contributed by atoms with van der Waals surface area (Å²) in [4.78, 5) is 20.6. The van der Waals surface area contributed by atoms with Gasteiger partial charge in [0.1, 0.15) is 6.54 Å². The number of nitrogens with zero attached hydrogens (tertiary/aromatic N) is 3. The van der Waals surface area contributed by atoms with E-state index in [-0.39, 0.29) is 0 Å². The highest BCUT2D eigenvalue weighted by atomic mass is 19.4. The maximum Gasteiger partial charge on any atom is 0.471 e. The molecule has 0 saturated carbocycles. The Bertz CT molecular complexity index is 413. The van der Waals surface area contributed by atoms with Crippen molar-refractivity contribution < 1.29 is 27.9 Å². The lowest BCUT2D eigenvalue weighted by Crippen LogP contribution is -2.30. The van der Waals surface area contributed by atoms with Gasteiger partial charge in [0.05, 0.1) is 6.20 Å². The van der Waals surface area contributed by atoms with Crippen LogP contribution < -0.4 is 5.32 Å². The Labute approximate surface area is 85.9 Å². The number of hydrogen-bond donors (Lipinski definition) is 2. The van der Waals surface area contributed by atoms with Crippen LogP contribution in [0.25, 0.3) is 0 Å². The van der Waals surface area contributed by atoms with Crippen LogP contribution in [-0.4, -0.2) is 38.2 Å². The van der Waals surface area contributed by atoms with E-state index in [9.17, 15) is 22.8 Å². The molecule has 0 aliphatic rings. The summed E-state index contributed by atoms with van der Waals surface area (Å²) in [6, 6.07) is 0. The van der Waals surface area contributed by atoms with Gasteiger partial charge in [0, 0.05) is 0 Å². The standard InChI is InChI=1S/C6H5F3N4O3/c7-6(8,9)5(16)10-3-1-13(12-11-3)2-4(14)15/h1H,2H2,(H,10,16)(H,14,15). The molecule has 0 saturated heterocycles. The van der Waals surface area contributed by atoms with Crippen molar-refractivity contribution in [3.8, 4) is 0 Å². The van der Waals surface area contributed by atoms with Gasteiger partial charge in [0.25, 0.3) is 0 Å². The van der Waals surface area contributed by atoms with Crippen molar-refractivity contribution in [3.63, 3.8) is 0 Å². The highest BCUT2D eigenvalue weighted by molar-refractivity contribution is 5.93. The third-order valence-corrected chi connectivity index (χ3v) is 1.33. The monoisotopic (exact) mass is 238 g/mol. The zero-order valence-corrected chi connectivity index (χ0v) is 7.52. The van der Waals surface area contributed by atoms with Crippen LogP contribution in [0.15, 0.2) is 6.20 Å². The van der Waals surface area contributed by atoms with Crippen LogP contribution in [0.2, 0.25) is 0 Å². The maximum atomic E-state index is 11.8. The first-order chi connectivity index (χ1) is 7.29. The van der Waals surface area contributed by atoms with Crippen LogP contribution in [0.4, 0.5) is 19.0 Å². The number of rotatable bonds is 3. The van der Waals surface area contributed by atoms with Crippen LogP contribution in [0.1, 0.15) is 0 Å². The predicted molar refractivity (Wildman–Crippen MR) is 42.3 cm³/mol. The molecular formula is C6H5F3N4O3. The smallest absolute Gasteiger partial charge is 0.471 e. The average Bonchev–Trinajstić information content (AvgIpc) is 2.49. The second-order valence-electron chi connectivity index (χ2n) is 2.65. The Morgan fingerprint density at radius 3 is 2.62 bits per heavy atom. The van der Waals surface area contributed by atoms with Gasteiger partial charge in [0.2, 0.25) is 0 Å². The minimum Gasteiger partial charge on any atom is -0.480 e. The van der Waals surface area contributed by atoms with E-state index in [1.807, 2.05) is 0 Å².